The van der Waals surface area contributed by atoms with E-state index in [1.165, 1.54) is 12.1 Å². The van der Waals surface area contributed by atoms with Crippen LogP contribution in [-0.4, -0.2) is 21.1 Å². The van der Waals surface area contributed by atoms with Gasteiger partial charge in [0.15, 0.2) is 0 Å². The van der Waals surface area contributed by atoms with E-state index < -0.39 is 16.1 Å². The van der Waals surface area contributed by atoms with Gasteiger partial charge in [0, 0.05) is 12.1 Å². The number of nitro groups is 1. The summed E-state index contributed by atoms with van der Waals surface area (Å²) < 4.78 is 5.61. The standard InChI is InChI=1S/C16H11N3O5S/c1-9-6-10(7-13-15(20)18-16(21)25-13)2-4-12(9)24-14-5-3-11(8-17-14)19(22)23/h2-8H,1H3,(H,18,20,21)/b13-7+. The van der Waals surface area contributed by atoms with E-state index in [4.69, 9.17) is 4.74 Å². The van der Waals surface area contributed by atoms with Crippen molar-refractivity contribution in [2.45, 2.75) is 6.92 Å². The fourth-order valence-electron chi connectivity index (χ4n) is 2.10. The first kappa shape index (κ1) is 16.7. The monoisotopic (exact) mass is 357 g/mol. The van der Waals surface area contributed by atoms with Crippen molar-refractivity contribution in [3.8, 4) is 11.6 Å². The number of imide groups is 1. The van der Waals surface area contributed by atoms with E-state index in [1.54, 1.807) is 24.3 Å². The maximum Gasteiger partial charge on any atom is 0.290 e. The number of amides is 2. The van der Waals surface area contributed by atoms with E-state index in [-0.39, 0.29) is 11.6 Å². The molecule has 3 rings (SSSR count). The average Bonchev–Trinajstić information content (AvgIpc) is 2.88. The first-order valence-electron chi connectivity index (χ1n) is 7.06. The molecular weight excluding hydrogens is 346 g/mol. The van der Waals surface area contributed by atoms with E-state index >= 15 is 0 Å². The molecule has 9 heteroatoms. The number of rotatable bonds is 4. The maximum absolute atomic E-state index is 11.6. The smallest absolute Gasteiger partial charge is 0.290 e. The zero-order valence-corrected chi connectivity index (χ0v) is 13.7. The first-order valence-corrected chi connectivity index (χ1v) is 7.88. The summed E-state index contributed by atoms with van der Waals surface area (Å²) in [6.07, 6.45) is 2.74. The molecule has 1 aliphatic heterocycles. The number of nitrogens with one attached hydrogen (secondary N) is 1. The van der Waals surface area contributed by atoms with Crippen molar-refractivity contribution < 1.29 is 19.2 Å². The molecule has 0 unspecified atom stereocenters. The lowest BCUT2D eigenvalue weighted by molar-refractivity contribution is -0.385. The lowest BCUT2D eigenvalue weighted by Gasteiger charge is -2.08. The van der Waals surface area contributed by atoms with E-state index in [2.05, 4.69) is 10.3 Å². The molecule has 2 amide bonds. The minimum Gasteiger partial charge on any atom is -0.439 e. The normalized spacial score (nSPS) is 15.3. The summed E-state index contributed by atoms with van der Waals surface area (Å²) in [7, 11) is 0. The van der Waals surface area contributed by atoms with Crippen molar-refractivity contribution in [2.24, 2.45) is 0 Å². The van der Waals surface area contributed by atoms with Gasteiger partial charge in [-0.25, -0.2) is 4.98 Å². The number of hydrogen-bond acceptors (Lipinski definition) is 7. The molecule has 0 atom stereocenters. The minimum absolute atomic E-state index is 0.118. The van der Waals surface area contributed by atoms with Crippen molar-refractivity contribution in [1.82, 2.24) is 10.3 Å². The Morgan fingerprint density at radius 1 is 1.28 bits per heavy atom. The molecule has 1 aromatic carbocycles. The first-order chi connectivity index (χ1) is 11.9. The van der Waals surface area contributed by atoms with Crippen LogP contribution in [0.25, 0.3) is 6.08 Å². The number of benzene rings is 1. The predicted molar refractivity (Wildman–Crippen MR) is 91.3 cm³/mol. The summed E-state index contributed by atoms with van der Waals surface area (Å²) in [5.74, 6) is 0.349. The van der Waals surface area contributed by atoms with Crippen LogP contribution in [0.4, 0.5) is 10.5 Å². The number of aromatic nitrogens is 1. The summed E-state index contributed by atoms with van der Waals surface area (Å²) in [6, 6.07) is 7.95. The topological polar surface area (TPSA) is 111 Å². The van der Waals surface area contributed by atoms with Crippen molar-refractivity contribution in [2.75, 3.05) is 0 Å². The highest BCUT2D eigenvalue weighted by atomic mass is 32.2. The molecule has 25 heavy (non-hydrogen) atoms. The third-order valence-electron chi connectivity index (χ3n) is 3.28. The van der Waals surface area contributed by atoms with Crippen LogP contribution < -0.4 is 10.1 Å². The number of aryl methyl sites for hydroxylation is 1. The van der Waals surface area contributed by atoms with Crippen LogP contribution in [0.15, 0.2) is 41.4 Å². The fourth-order valence-corrected chi connectivity index (χ4v) is 2.79. The summed E-state index contributed by atoms with van der Waals surface area (Å²) in [6.45, 7) is 1.82. The molecule has 1 saturated heterocycles. The summed E-state index contributed by atoms with van der Waals surface area (Å²) >= 11 is 0.850. The predicted octanol–water partition coefficient (Wildman–Crippen LogP) is 3.41. The number of thioether (sulfide) groups is 1. The van der Waals surface area contributed by atoms with Crippen molar-refractivity contribution in [3.63, 3.8) is 0 Å². The zero-order valence-electron chi connectivity index (χ0n) is 12.9. The average molecular weight is 357 g/mol. The molecule has 8 nitrogen and oxygen atoms in total. The van der Waals surface area contributed by atoms with Gasteiger partial charge >= 0.3 is 0 Å². The molecule has 2 aromatic rings. The molecule has 1 N–H and O–H groups in total. The minimum atomic E-state index is -0.535. The Morgan fingerprint density at radius 2 is 2.08 bits per heavy atom. The Balaban J connectivity index is 1.78. The van der Waals surface area contributed by atoms with Gasteiger partial charge in [0.05, 0.1) is 9.83 Å². The summed E-state index contributed by atoms with van der Waals surface area (Å²) in [5.41, 5.74) is 1.41. The lowest BCUT2D eigenvalue weighted by Crippen LogP contribution is -2.17. The van der Waals surface area contributed by atoms with E-state index in [0.717, 1.165) is 29.1 Å². The van der Waals surface area contributed by atoms with E-state index in [9.17, 15) is 19.7 Å². The van der Waals surface area contributed by atoms with Gasteiger partial charge in [0.25, 0.3) is 16.8 Å². The van der Waals surface area contributed by atoms with Crippen LogP contribution in [0.3, 0.4) is 0 Å². The Morgan fingerprint density at radius 3 is 2.64 bits per heavy atom. The van der Waals surface area contributed by atoms with Crippen LogP contribution in [-0.2, 0) is 4.79 Å². The van der Waals surface area contributed by atoms with Crippen molar-refractivity contribution in [3.05, 3.63) is 62.7 Å². The second-order valence-corrected chi connectivity index (χ2v) is 6.11. The number of nitrogens with zero attached hydrogens (tertiary/aromatic N) is 2. The number of carbonyl (C=O) groups is 2. The van der Waals surface area contributed by atoms with Crippen LogP contribution >= 0.6 is 11.8 Å². The summed E-state index contributed by atoms with van der Waals surface area (Å²) in [5, 5.41) is 12.4. The quantitative estimate of drug-likeness (QED) is 0.507. The molecule has 2 heterocycles. The van der Waals surface area contributed by atoms with Gasteiger partial charge in [0.1, 0.15) is 11.9 Å². The number of hydrogen-bond donors (Lipinski definition) is 1. The highest BCUT2D eigenvalue weighted by Crippen LogP contribution is 2.29. The number of carbonyl (C=O) groups excluding carboxylic acids is 2. The molecule has 1 fully saturated rings. The Hall–Kier alpha value is -3.20. The van der Waals surface area contributed by atoms with E-state index in [1.807, 2.05) is 6.92 Å². The molecular formula is C16H11N3O5S. The third-order valence-corrected chi connectivity index (χ3v) is 4.10. The second kappa shape index (κ2) is 6.73. The molecule has 0 spiro atoms. The van der Waals surface area contributed by atoms with Gasteiger partial charge < -0.3 is 4.74 Å². The Bertz CT molecular complexity index is 908. The van der Waals surface area contributed by atoms with Crippen LogP contribution in [0, 0.1) is 17.0 Å². The molecule has 1 aliphatic rings. The third kappa shape index (κ3) is 3.83. The number of ether oxygens (including phenoxy) is 1. The van der Waals surface area contributed by atoms with Crippen molar-refractivity contribution in [1.29, 1.82) is 0 Å². The largest absolute Gasteiger partial charge is 0.439 e. The zero-order chi connectivity index (χ0) is 18.0. The number of pyridine rings is 1. The maximum atomic E-state index is 11.6. The highest BCUT2D eigenvalue weighted by molar-refractivity contribution is 8.18. The molecule has 1 aromatic heterocycles. The van der Waals surface area contributed by atoms with Gasteiger partial charge in [-0.2, -0.15) is 0 Å². The molecule has 0 aliphatic carbocycles. The van der Waals surface area contributed by atoms with Gasteiger partial charge in [-0.1, -0.05) is 6.07 Å². The van der Waals surface area contributed by atoms with Crippen molar-refractivity contribution >= 4 is 34.7 Å². The molecule has 0 saturated carbocycles. The van der Waals surface area contributed by atoms with Crippen LogP contribution in [0.5, 0.6) is 11.6 Å². The van der Waals surface area contributed by atoms with Gasteiger partial charge in [-0.05, 0) is 48.0 Å². The highest BCUT2D eigenvalue weighted by Gasteiger charge is 2.24. The van der Waals surface area contributed by atoms with Crippen LogP contribution in [0.2, 0.25) is 0 Å². The molecule has 0 radical (unpaired) electrons. The van der Waals surface area contributed by atoms with Crippen LogP contribution in [0.1, 0.15) is 11.1 Å². The second-order valence-electron chi connectivity index (χ2n) is 5.09. The van der Waals surface area contributed by atoms with Gasteiger partial charge in [-0.3, -0.25) is 25.0 Å². The Labute approximate surface area is 146 Å². The van der Waals surface area contributed by atoms with Gasteiger partial charge in [-0.15, -0.1) is 0 Å². The molecule has 0 bridgehead atoms. The SMILES string of the molecule is Cc1cc(/C=C2/SC(=O)NC2=O)ccc1Oc1ccc([N+](=O)[O-])cn1. The fraction of sp³-hybridized carbons (Fsp3) is 0.0625. The summed E-state index contributed by atoms with van der Waals surface area (Å²) in [4.78, 5) is 37.0. The molecule has 126 valence electrons. The lowest BCUT2D eigenvalue weighted by atomic mass is 10.1. The van der Waals surface area contributed by atoms with Gasteiger partial charge in [0.2, 0.25) is 5.88 Å². The van der Waals surface area contributed by atoms with E-state index in [0.29, 0.717) is 10.7 Å². The Kier molecular flexibility index (Phi) is 4.48.